The molecule has 1 aromatic rings. The van der Waals surface area contributed by atoms with E-state index in [1.807, 2.05) is 33.8 Å². The van der Waals surface area contributed by atoms with Crippen molar-refractivity contribution >= 4 is 12.6 Å². The van der Waals surface area contributed by atoms with Crippen molar-refractivity contribution in [2.45, 2.75) is 59.2 Å². The maximum absolute atomic E-state index is 12.2. The van der Waals surface area contributed by atoms with Crippen LogP contribution in [0.1, 0.15) is 47.1 Å². The van der Waals surface area contributed by atoms with Crippen LogP contribution in [0.4, 0.5) is 0 Å². The standard InChI is InChI=1S/C15H24BNO3/c1-10(2)9-11-7-8-17-13(18)12(11)16-19-14(3,4)15(5,6)20-16/h7-8,10H,9H2,1-6H3,(H,17,18). The number of aromatic amines is 1. The average Bonchev–Trinajstić information content (AvgIpc) is 2.46. The minimum Gasteiger partial charge on any atom is -0.399 e. The summed E-state index contributed by atoms with van der Waals surface area (Å²) in [6.45, 7) is 12.2. The van der Waals surface area contributed by atoms with Gasteiger partial charge in [0.25, 0.3) is 0 Å². The molecule has 4 nitrogen and oxygen atoms in total. The van der Waals surface area contributed by atoms with E-state index < -0.39 is 18.3 Å². The number of H-pyrrole nitrogens is 1. The predicted molar refractivity (Wildman–Crippen MR) is 81.3 cm³/mol. The Balaban J connectivity index is 2.42. The van der Waals surface area contributed by atoms with Crippen molar-refractivity contribution in [1.29, 1.82) is 0 Å². The van der Waals surface area contributed by atoms with Gasteiger partial charge in [-0.1, -0.05) is 13.8 Å². The lowest BCUT2D eigenvalue weighted by Crippen LogP contribution is -2.47. The van der Waals surface area contributed by atoms with Crippen LogP contribution in [-0.2, 0) is 15.7 Å². The van der Waals surface area contributed by atoms with Crippen LogP contribution in [0.3, 0.4) is 0 Å². The second-order valence-corrected chi connectivity index (χ2v) is 6.93. The van der Waals surface area contributed by atoms with E-state index in [0.29, 0.717) is 11.4 Å². The van der Waals surface area contributed by atoms with Gasteiger partial charge in [-0.05, 0) is 51.7 Å². The van der Waals surface area contributed by atoms with Gasteiger partial charge in [0, 0.05) is 6.20 Å². The molecule has 1 fully saturated rings. The van der Waals surface area contributed by atoms with Crippen LogP contribution in [-0.4, -0.2) is 23.3 Å². The highest BCUT2D eigenvalue weighted by Crippen LogP contribution is 2.36. The first-order valence-corrected chi connectivity index (χ1v) is 7.20. The Bertz CT molecular complexity index is 532. The number of hydrogen-bond donors (Lipinski definition) is 1. The molecule has 0 aliphatic carbocycles. The molecule has 5 heteroatoms. The Morgan fingerprint density at radius 1 is 1.20 bits per heavy atom. The van der Waals surface area contributed by atoms with Crippen LogP contribution >= 0.6 is 0 Å². The fourth-order valence-electron chi connectivity index (χ4n) is 2.37. The molecule has 0 radical (unpaired) electrons. The molecule has 20 heavy (non-hydrogen) atoms. The van der Waals surface area contributed by atoms with Crippen molar-refractivity contribution in [2.24, 2.45) is 5.92 Å². The molecule has 1 saturated heterocycles. The molecule has 2 rings (SSSR count). The monoisotopic (exact) mass is 277 g/mol. The Morgan fingerprint density at radius 3 is 2.25 bits per heavy atom. The number of pyridine rings is 1. The molecule has 0 amide bonds. The van der Waals surface area contributed by atoms with Crippen LogP contribution in [0.25, 0.3) is 0 Å². The number of nitrogens with one attached hydrogen (secondary N) is 1. The lowest BCUT2D eigenvalue weighted by Gasteiger charge is -2.32. The zero-order valence-corrected chi connectivity index (χ0v) is 13.2. The van der Waals surface area contributed by atoms with E-state index in [4.69, 9.17) is 9.31 Å². The lowest BCUT2D eigenvalue weighted by molar-refractivity contribution is 0.00578. The average molecular weight is 277 g/mol. The van der Waals surface area contributed by atoms with E-state index in [2.05, 4.69) is 18.8 Å². The first kappa shape index (κ1) is 15.3. The van der Waals surface area contributed by atoms with Crippen molar-refractivity contribution in [3.63, 3.8) is 0 Å². The summed E-state index contributed by atoms with van der Waals surface area (Å²) in [6.07, 6.45) is 2.53. The summed E-state index contributed by atoms with van der Waals surface area (Å²) in [7, 11) is -0.598. The van der Waals surface area contributed by atoms with Crippen molar-refractivity contribution in [2.75, 3.05) is 0 Å². The maximum atomic E-state index is 12.2. The second kappa shape index (κ2) is 5.04. The Morgan fingerprint density at radius 2 is 1.75 bits per heavy atom. The highest BCUT2D eigenvalue weighted by atomic mass is 16.7. The molecule has 2 heterocycles. The third-order valence-electron chi connectivity index (χ3n) is 4.21. The van der Waals surface area contributed by atoms with Gasteiger partial charge >= 0.3 is 7.12 Å². The second-order valence-electron chi connectivity index (χ2n) is 6.93. The van der Waals surface area contributed by atoms with Gasteiger partial charge in [-0.25, -0.2) is 0 Å². The van der Waals surface area contributed by atoms with Gasteiger partial charge < -0.3 is 14.3 Å². The fraction of sp³-hybridized carbons (Fsp3) is 0.667. The summed E-state index contributed by atoms with van der Waals surface area (Å²) in [5.41, 5.74) is 0.619. The Hall–Kier alpha value is -1.07. The highest BCUT2D eigenvalue weighted by molar-refractivity contribution is 6.62. The molecule has 0 bridgehead atoms. The van der Waals surface area contributed by atoms with Crippen molar-refractivity contribution in [1.82, 2.24) is 4.98 Å². The van der Waals surface area contributed by atoms with Crippen LogP contribution in [0.2, 0.25) is 0 Å². The minimum atomic E-state index is -0.598. The highest BCUT2D eigenvalue weighted by Gasteiger charge is 2.53. The van der Waals surface area contributed by atoms with Gasteiger partial charge in [0.15, 0.2) is 0 Å². The van der Waals surface area contributed by atoms with E-state index in [-0.39, 0.29) is 5.56 Å². The summed E-state index contributed by atoms with van der Waals surface area (Å²) < 4.78 is 12.0. The van der Waals surface area contributed by atoms with Gasteiger partial charge in [-0.3, -0.25) is 4.79 Å². The molecule has 0 spiro atoms. The molecule has 1 aliphatic rings. The Kier molecular flexibility index (Phi) is 3.86. The summed E-state index contributed by atoms with van der Waals surface area (Å²) in [5.74, 6) is 0.470. The minimum absolute atomic E-state index is 0.123. The molecule has 110 valence electrons. The van der Waals surface area contributed by atoms with E-state index in [1.165, 1.54) is 0 Å². The molecule has 1 N–H and O–H groups in total. The van der Waals surface area contributed by atoms with Crippen LogP contribution < -0.4 is 11.0 Å². The van der Waals surface area contributed by atoms with Crippen LogP contribution in [0.15, 0.2) is 17.1 Å². The third kappa shape index (κ3) is 2.70. The Labute approximate surface area is 121 Å². The molecule has 0 unspecified atom stereocenters. The number of aromatic nitrogens is 1. The third-order valence-corrected chi connectivity index (χ3v) is 4.21. The summed E-state index contributed by atoms with van der Waals surface area (Å²) in [4.78, 5) is 14.9. The summed E-state index contributed by atoms with van der Waals surface area (Å²) >= 11 is 0. The van der Waals surface area contributed by atoms with Crippen LogP contribution in [0, 0.1) is 5.92 Å². The van der Waals surface area contributed by atoms with E-state index in [1.54, 1.807) is 6.20 Å². The number of hydrogen-bond acceptors (Lipinski definition) is 3. The fourth-order valence-corrected chi connectivity index (χ4v) is 2.37. The van der Waals surface area contributed by atoms with E-state index in [9.17, 15) is 4.79 Å². The molecule has 0 aromatic carbocycles. The van der Waals surface area contributed by atoms with Gasteiger partial charge in [-0.15, -0.1) is 0 Å². The predicted octanol–water partition coefficient (Wildman–Crippen LogP) is 1.87. The molecule has 1 aromatic heterocycles. The van der Waals surface area contributed by atoms with Crippen molar-refractivity contribution in [3.8, 4) is 0 Å². The summed E-state index contributed by atoms with van der Waals surface area (Å²) in [5, 5.41) is 0. The largest absolute Gasteiger partial charge is 0.500 e. The van der Waals surface area contributed by atoms with E-state index >= 15 is 0 Å². The van der Waals surface area contributed by atoms with Crippen molar-refractivity contribution in [3.05, 3.63) is 28.2 Å². The first-order valence-electron chi connectivity index (χ1n) is 7.20. The first-order chi connectivity index (χ1) is 9.14. The number of rotatable bonds is 3. The molecule has 1 aliphatic heterocycles. The quantitative estimate of drug-likeness (QED) is 0.858. The molecular weight excluding hydrogens is 253 g/mol. The SMILES string of the molecule is CC(C)Cc1cc[nH]c(=O)c1B1OC(C)(C)C(C)(C)O1. The van der Waals surface area contributed by atoms with Gasteiger partial charge in [0.05, 0.1) is 16.7 Å². The molecular formula is C15H24BNO3. The molecule has 0 atom stereocenters. The smallest absolute Gasteiger partial charge is 0.399 e. The summed E-state index contributed by atoms with van der Waals surface area (Å²) in [6, 6.07) is 1.95. The van der Waals surface area contributed by atoms with Gasteiger partial charge in [0.1, 0.15) is 0 Å². The lowest BCUT2D eigenvalue weighted by atomic mass is 9.75. The van der Waals surface area contributed by atoms with E-state index in [0.717, 1.165) is 12.0 Å². The maximum Gasteiger partial charge on any atom is 0.500 e. The molecule has 0 saturated carbocycles. The zero-order chi connectivity index (χ0) is 15.1. The van der Waals surface area contributed by atoms with Gasteiger partial charge in [-0.2, -0.15) is 0 Å². The zero-order valence-electron chi connectivity index (χ0n) is 13.2. The topological polar surface area (TPSA) is 51.3 Å². The van der Waals surface area contributed by atoms with Crippen LogP contribution in [0.5, 0.6) is 0 Å². The normalized spacial score (nSPS) is 20.6. The van der Waals surface area contributed by atoms with Crippen molar-refractivity contribution < 1.29 is 9.31 Å². The van der Waals surface area contributed by atoms with Gasteiger partial charge in [0.2, 0.25) is 5.56 Å².